The molecule has 1 aliphatic heterocycles. The van der Waals surface area contributed by atoms with E-state index in [-0.39, 0.29) is 12.4 Å². The maximum Gasteiger partial charge on any atom is 0.129 e. The number of hydrogen-bond acceptors (Lipinski definition) is 3. The average molecular weight is 262 g/mol. The van der Waals surface area contributed by atoms with Crippen LogP contribution in [0.3, 0.4) is 0 Å². The Hall–Kier alpha value is -0.350. The van der Waals surface area contributed by atoms with E-state index >= 15 is 0 Å². The molecule has 2 heterocycles. The van der Waals surface area contributed by atoms with Gasteiger partial charge in [-0.15, -0.1) is 12.4 Å². The SMILES string of the molecule is Cl.Clc1ccc(CN[C@@H]2CCCNC2)cn1. The molecule has 1 atom stereocenters. The van der Waals surface area contributed by atoms with Crippen LogP contribution in [0.4, 0.5) is 0 Å². The summed E-state index contributed by atoms with van der Waals surface area (Å²) in [6.07, 6.45) is 4.34. The lowest BCUT2D eigenvalue weighted by molar-refractivity contribution is 0.389. The summed E-state index contributed by atoms with van der Waals surface area (Å²) in [4.78, 5) is 4.05. The zero-order valence-electron chi connectivity index (χ0n) is 9.08. The monoisotopic (exact) mass is 261 g/mol. The van der Waals surface area contributed by atoms with Crippen LogP contribution in [-0.2, 0) is 6.54 Å². The topological polar surface area (TPSA) is 37.0 Å². The van der Waals surface area contributed by atoms with E-state index in [1.807, 2.05) is 18.3 Å². The maximum atomic E-state index is 5.72. The van der Waals surface area contributed by atoms with E-state index in [0.717, 1.165) is 19.6 Å². The highest BCUT2D eigenvalue weighted by atomic mass is 35.5. The van der Waals surface area contributed by atoms with E-state index in [1.165, 1.54) is 18.4 Å². The molecule has 0 bridgehead atoms. The van der Waals surface area contributed by atoms with Crippen molar-refractivity contribution >= 4 is 24.0 Å². The normalized spacial score (nSPS) is 20.2. The average Bonchev–Trinajstić information content (AvgIpc) is 2.30. The lowest BCUT2D eigenvalue weighted by Crippen LogP contribution is -2.42. The molecule has 0 aliphatic carbocycles. The van der Waals surface area contributed by atoms with Gasteiger partial charge in [0, 0.05) is 25.3 Å². The third kappa shape index (κ3) is 4.26. The molecule has 1 aromatic heterocycles. The Kier molecular flexibility index (Phi) is 6.06. The van der Waals surface area contributed by atoms with Gasteiger partial charge in [0.15, 0.2) is 0 Å². The Morgan fingerprint density at radius 2 is 2.38 bits per heavy atom. The fraction of sp³-hybridized carbons (Fsp3) is 0.545. The van der Waals surface area contributed by atoms with Crippen molar-refractivity contribution in [2.45, 2.75) is 25.4 Å². The van der Waals surface area contributed by atoms with E-state index in [4.69, 9.17) is 11.6 Å². The molecule has 2 N–H and O–H groups in total. The standard InChI is InChI=1S/C11H16ClN3.ClH/c12-11-4-3-9(7-15-11)6-14-10-2-1-5-13-8-10;/h3-4,7,10,13-14H,1-2,5-6,8H2;1H/t10-;/m1./s1. The lowest BCUT2D eigenvalue weighted by atomic mass is 10.1. The first-order valence-corrected chi connectivity index (χ1v) is 5.77. The van der Waals surface area contributed by atoms with E-state index in [0.29, 0.717) is 11.2 Å². The molecule has 0 radical (unpaired) electrons. The molecule has 1 saturated heterocycles. The number of piperidine rings is 1. The van der Waals surface area contributed by atoms with Gasteiger partial charge in [-0.25, -0.2) is 4.98 Å². The first kappa shape index (κ1) is 13.7. The molecule has 1 fully saturated rings. The number of nitrogens with one attached hydrogen (secondary N) is 2. The fourth-order valence-electron chi connectivity index (χ4n) is 1.80. The molecule has 0 unspecified atom stereocenters. The predicted molar refractivity (Wildman–Crippen MR) is 69.2 cm³/mol. The van der Waals surface area contributed by atoms with Gasteiger partial charge in [-0.1, -0.05) is 17.7 Å². The minimum Gasteiger partial charge on any atom is -0.315 e. The number of rotatable bonds is 3. The van der Waals surface area contributed by atoms with Gasteiger partial charge >= 0.3 is 0 Å². The summed E-state index contributed by atoms with van der Waals surface area (Å²) in [6, 6.07) is 4.44. The number of aromatic nitrogens is 1. The largest absolute Gasteiger partial charge is 0.315 e. The number of pyridine rings is 1. The van der Waals surface area contributed by atoms with Crippen molar-refractivity contribution < 1.29 is 0 Å². The Morgan fingerprint density at radius 1 is 1.50 bits per heavy atom. The molecule has 1 aliphatic rings. The molecule has 90 valence electrons. The van der Waals surface area contributed by atoms with Gasteiger partial charge in [0.05, 0.1) is 0 Å². The molecular formula is C11H17Cl2N3. The quantitative estimate of drug-likeness (QED) is 0.818. The molecular weight excluding hydrogens is 245 g/mol. The summed E-state index contributed by atoms with van der Waals surface area (Å²) in [5.41, 5.74) is 1.19. The van der Waals surface area contributed by atoms with Crippen molar-refractivity contribution in [3.05, 3.63) is 29.0 Å². The van der Waals surface area contributed by atoms with Crippen molar-refractivity contribution in [3.8, 4) is 0 Å². The molecule has 0 saturated carbocycles. The zero-order chi connectivity index (χ0) is 10.5. The summed E-state index contributed by atoms with van der Waals surface area (Å²) in [5, 5.41) is 7.45. The lowest BCUT2D eigenvalue weighted by Gasteiger charge is -2.23. The Bertz CT molecular complexity index is 297. The minimum absolute atomic E-state index is 0. The molecule has 0 amide bonds. The van der Waals surface area contributed by atoms with Crippen LogP contribution in [0, 0.1) is 0 Å². The van der Waals surface area contributed by atoms with Crippen LogP contribution in [-0.4, -0.2) is 24.1 Å². The van der Waals surface area contributed by atoms with Crippen molar-refractivity contribution in [2.75, 3.05) is 13.1 Å². The number of halogens is 2. The molecule has 0 aromatic carbocycles. The third-order valence-corrected chi connectivity index (χ3v) is 2.90. The Morgan fingerprint density at radius 3 is 3.00 bits per heavy atom. The summed E-state index contributed by atoms with van der Waals surface area (Å²) >= 11 is 5.72. The smallest absolute Gasteiger partial charge is 0.129 e. The van der Waals surface area contributed by atoms with Gasteiger partial charge < -0.3 is 10.6 Å². The highest BCUT2D eigenvalue weighted by Gasteiger charge is 2.11. The molecule has 1 aromatic rings. The highest BCUT2D eigenvalue weighted by Crippen LogP contribution is 2.06. The van der Waals surface area contributed by atoms with E-state index in [9.17, 15) is 0 Å². The van der Waals surface area contributed by atoms with Gasteiger partial charge in [-0.3, -0.25) is 0 Å². The first-order valence-electron chi connectivity index (χ1n) is 5.39. The summed E-state index contributed by atoms with van der Waals surface area (Å²) < 4.78 is 0. The van der Waals surface area contributed by atoms with Crippen LogP contribution in [0.1, 0.15) is 18.4 Å². The summed E-state index contributed by atoms with van der Waals surface area (Å²) in [7, 11) is 0. The van der Waals surface area contributed by atoms with Crippen LogP contribution in [0.25, 0.3) is 0 Å². The van der Waals surface area contributed by atoms with Crippen molar-refractivity contribution in [1.82, 2.24) is 15.6 Å². The maximum absolute atomic E-state index is 5.72. The van der Waals surface area contributed by atoms with Crippen LogP contribution in [0.15, 0.2) is 18.3 Å². The summed E-state index contributed by atoms with van der Waals surface area (Å²) in [6.45, 7) is 3.10. The Labute approximate surface area is 107 Å². The van der Waals surface area contributed by atoms with Crippen molar-refractivity contribution in [1.29, 1.82) is 0 Å². The highest BCUT2D eigenvalue weighted by molar-refractivity contribution is 6.29. The van der Waals surface area contributed by atoms with E-state index in [1.54, 1.807) is 0 Å². The predicted octanol–water partition coefficient (Wildman–Crippen LogP) is 2.00. The molecule has 5 heteroatoms. The molecule has 16 heavy (non-hydrogen) atoms. The fourth-order valence-corrected chi connectivity index (χ4v) is 1.91. The van der Waals surface area contributed by atoms with E-state index in [2.05, 4.69) is 15.6 Å². The second-order valence-corrected chi connectivity index (χ2v) is 4.30. The first-order chi connectivity index (χ1) is 7.34. The van der Waals surface area contributed by atoms with Gasteiger partial charge in [-0.2, -0.15) is 0 Å². The van der Waals surface area contributed by atoms with Crippen LogP contribution in [0.2, 0.25) is 5.15 Å². The summed E-state index contributed by atoms with van der Waals surface area (Å²) in [5.74, 6) is 0. The number of nitrogens with zero attached hydrogens (tertiary/aromatic N) is 1. The van der Waals surface area contributed by atoms with Crippen LogP contribution < -0.4 is 10.6 Å². The van der Waals surface area contributed by atoms with Gasteiger partial charge in [0.25, 0.3) is 0 Å². The van der Waals surface area contributed by atoms with Gasteiger partial charge in [0.1, 0.15) is 5.15 Å². The molecule has 0 spiro atoms. The second-order valence-electron chi connectivity index (χ2n) is 3.91. The van der Waals surface area contributed by atoms with Crippen molar-refractivity contribution in [3.63, 3.8) is 0 Å². The number of hydrogen-bond donors (Lipinski definition) is 2. The van der Waals surface area contributed by atoms with Gasteiger partial charge in [0.2, 0.25) is 0 Å². The van der Waals surface area contributed by atoms with Gasteiger partial charge in [-0.05, 0) is 31.0 Å². The zero-order valence-corrected chi connectivity index (χ0v) is 10.7. The molecule has 3 nitrogen and oxygen atoms in total. The van der Waals surface area contributed by atoms with E-state index < -0.39 is 0 Å². The minimum atomic E-state index is 0. The van der Waals surface area contributed by atoms with Crippen LogP contribution in [0.5, 0.6) is 0 Å². The van der Waals surface area contributed by atoms with Crippen molar-refractivity contribution in [2.24, 2.45) is 0 Å². The second kappa shape index (κ2) is 7.07. The Balaban J connectivity index is 0.00000128. The third-order valence-electron chi connectivity index (χ3n) is 2.68. The molecule has 2 rings (SSSR count). The van der Waals surface area contributed by atoms with Crippen LogP contribution >= 0.6 is 24.0 Å².